The summed E-state index contributed by atoms with van der Waals surface area (Å²) in [6, 6.07) is 10.2. The molecule has 0 saturated heterocycles. The van der Waals surface area contributed by atoms with E-state index in [2.05, 4.69) is 10.6 Å². The Morgan fingerprint density at radius 1 is 1.15 bits per heavy atom. The Kier molecular flexibility index (Phi) is 8.37. The second-order valence-electron chi connectivity index (χ2n) is 6.77. The predicted molar refractivity (Wildman–Crippen MR) is 118 cm³/mol. The standard InChI is InChI=1S/C20H19N5O8S/c1-13(26)22-15-3-6-17(7-4-15)34(31,32)24(2)11-20(28)33-12-19(27)23-18-8-5-16(25(29)30)9-14(18)10-21/h3-9H,11-12H2,1-2H3,(H,22,26)(H,23,27). The molecule has 0 heterocycles. The monoisotopic (exact) mass is 489 g/mol. The fourth-order valence-electron chi connectivity index (χ4n) is 2.59. The van der Waals surface area contributed by atoms with Gasteiger partial charge in [0.15, 0.2) is 6.61 Å². The maximum absolute atomic E-state index is 12.6. The van der Waals surface area contributed by atoms with Gasteiger partial charge in [0.05, 0.1) is 21.1 Å². The minimum Gasteiger partial charge on any atom is -0.455 e. The van der Waals surface area contributed by atoms with Crippen LogP contribution in [-0.4, -0.2) is 55.6 Å². The number of rotatable bonds is 9. The van der Waals surface area contributed by atoms with Gasteiger partial charge in [-0.3, -0.25) is 24.5 Å². The van der Waals surface area contributed by atoms with Crippen LogP contribution in [0.5, 0.6) is 0 Å². The van der Waals surface area contributed by atoms with Gasteiger partial charge >= 0.3 is 5.97 Å². The quantitative estimate of drug-likeness (QED) is 0.296. The molecule has 14 heteroatoms. The van der Waals surface area contributed by atoms with E-state index in [1.165, 1.54) is 31.2 Å². The highest BCUT2D eigenvalue weighted by molar-refractivity contribution is 7.89. The van der Waals surface area contributed by atoms with Crippen LogP contribution in [0.4, 0.5) is 17.1 Å². The zero-order valence-electron chi connectivity index (χ0n) is 18.0. The molecule has 0 aliphatic heterocycles. The van der Waals surface area contributed by atoms with E-state index in [1.54, 1.807) is 6.07 Å². The molecule has 0 radical (unpaired) electrons. The number of non-ortho nitro benzene ring substituents is 1. The van der Waals surface area contributed by atoms with E-state index in [-0.39, 0.29) is 27.7 Å². The van der Waals surface area contributed by atoms with Gasteiger partial charge in [-0.15, -0.1) is 0 Å². The normalized spacial score (nSPS) is 10.8. The van der Waals surface area contributed by atoms with Crippen LogP contribution in [0.2, 0.25) is 0 Å². The Hall–Kier alpha value is -4.35. The molecule has 2 aromatic rings. The SMILES string of the molecule is CC(=O)Nc1ccc(S(=O)(=O)N(C)CC(=O)OCC(=O)Nc2ccc([N+](=O)[O-])cc2C#N)cc1. The van der Waals surface area contributed by atoms with Crippen LogP contribution < -0.4 is 10.6 Å². The van der Waals surface area contributed by atoms with E-state index >= 15 is 0 Å². The van der Waals surface area contributed by atoms with Gasteiger partial charge in [0.1, 0.15) is 12.6 Å². The van der Waals surface area contributed by atoms with Gasteiger partial charge in [-0.05, 0) is 30.3 Å². The second-order valence-corrected chi connectivity index (χ2v) is 8.82. The molecule has 0 aliphatic carbocycles. The number of nitrogens with zero attached hydrogens (tertiary/aromatic N) is 3. The lowest BCUT2D eigenvalue weighted by atomic mass is 10.1. The van der Waals surface area contributed by atoms with Crippen molar-refractivity contribution >= 4 is 44.9 Å². The molecule has 0 aromatic heterocycles. The average Bonchev–Trinajstić information content (AvgIpc) is 2.77. The Labute approximate surface area is 194 Å². The predicted octanol–water partition coefficient (Wildman–Crippen LogP) is 1.23. The third-order valence-electron chi connectivity index (χ3n) is 4.21. The van der Waals surface area contributed by atoms with Crippen molar-refractivity contribution in [1.29, 1.82) is 5.26 Å². The van der Waals surface area contributed by atoms with Crippen molar-refractivity contribution in [2.45, 2.75) is 11.8 Å². The molecule has 2 N–H and O–H groups in total. The van der Waals surface area contributed by atoms with Crippen molar-refractivity contribution < 1.29 is 32.5 Å². The second kappa shape index (κ2) is 11.0. The van der Waals surface area contributed by atoms with Crippen molar-refractivity contribution in [3.8, 4) is 6.07 Å². The number of hydrogen-bond donors (Lipinski definition) is 2. The van der Waals surface area contributed by atoms with E-state index in [0.717, 1.165) is 29.6 Å². The molecular formula is C20H19N5O8S. The van der Waals surface area contributed by atoms with Crippen LogP contribution in [0, 0.1) is 21.4 Å². The Balaban J connectivity index is 1.94. The lowest BCUT2D eigenvalue weighted by Crippen LogP contribution is -2.34. The number of carbonyl (C=O) groups excluding carboxylic acids is 3. The van der Waals surface area contributed by atoms with Crippen LogP contribution in [0.3, 0.4) is 0 Å². The first-order valence-electron chi connectivity index (χ1n) is 9.42. The fourth-order valence-corrected chi connectivity index (χ4v) is 3.70. The van der Waals surface area contributed by atoms with Gasteiger partial charge in [-0.1, -0.05) is 0 Å². The lowest BCUT2D eigenvalue weighted by molar-refractivity contribution is -0.384. The zero-order chi connectivity index (χ0) is 25.5. The van der Waals surface area contributed by atoms with Gasteiger partial charge in [0.2, 0.25) is 15.9 Å². The summed E-state index contributed by atoms with van der Waals surface area (Å²) in [5.41, 5.74) is -0.122. The third kappa shape index (κ3) is 6.82. The van der Waals surface area contributed by atoms with Gasteiger partial charge in [-0.2, -0.15) is 9.57 Å². The van der Waals surface area contributed by atoms with E-state index in [1.807, 2.05) is 0 Å². The van der Waals surface area contributed by atoms with Crippen LogP contribution in [-0.2, 0) is 29.1 Å². The lowest BCUT2D eigenvalue weighted by Gasteiger charge is -2.16. The number of nitro benzene ring substituents is 1. The molecular weight excluding hydrogens is 470 g/mol. The smallest absolute Gasteiger partial charge is 0.321 e. The highest BCUT2D eigenvalue weighted by Crippen LogP contribution is 2.21. The van der Waals surface area contributed by atoms with Crippen LogP contribution in [0.15, 0.2) is 47.4 Å². The number of nitriles is 1. The Morgan fingerprint density at radius 3 is 2.35 bits per heavy atom. The van der Waals surface area contributed by atoms with Crippen molar-refractivity contribution in [2.75, 3.05) is 30.8 Å². The minimum atomic E-state index is -4.06. The molecule has 2 amide bonds. The number of anilines is 2. The summed E-state index contributed by atoms with van der Waals surface area (Å²) in [5.74, 6) is -2.17. The van der Waals surface area contributed by atoms with Gasteiger partial charge in [0.25, 0.3) is 11.6 Å². The summed E-state index contributed by atoms with van der Waals surface area (Å²) < 4.78 is 30.7. The molecule has 0 unspecified atom stereocenters. The van der Waals surface area contributed by atoms with Crippen molar-refractivity contribution in [2.24, 2.45) is 0 Å². The number of nitro groups is 1. The summed E-state index contributed by atoms with van der Waals surface area (Å²) in [4.78, 5) is 45.0. The number of esters is 1. The molecule has 0 saturated carbocycles. The van der Waals surface area contributed by atoms with Gasteiger partial charge < -0.3 is 15.4 Å². The Morgan fingerprint density at radius 2 is 1.79 bits per heavy atom. The fraction of sp³-hybridized carbons (Fsp3) is 0.200. The third-order valence-corrected chi connectivity index (χ3v) is 6.03. The first kappa shape index (κ1) is 25.9. The number of sulfonamides is 1. The van der Waals surface area contributed by atoms with Crippen molar-refractivity contribution in [3.05, 3.63) is 58.1 Å². The molecule has 0 fully saturated rings. The number of carbonyl (C=O) groups is 3. The molecule has 0 bridgehead atoms. The highest BCUT2D eigenvalue weighted by atomic mass is 32.2. The highest BCUT2D eigenvalue weighted by Gasteiger charge is 2.24. The molecule has 0 aliphatic rings. The maximum Gasteiger partial charge on any atom is 0.321 e. The topological polar surface area (TPSA) is 189 Å². The summed E-state index contributed by atoms with van der Waals surface area (Å²) in [6.07, 6.45) is 0. The maximum atomic E-state index is 12.6. The van der Waals surface area contributed by atoms with E-state index < -0.39 is 40.0 Å². The number of benzene rings is 2. The number of amides is 2. The Bertz CT molecular complexity index is 1270. The number of hydrogen-bond acceptors (Lipinski definition) is 9. The van der Waals surface area contributed by atoms with E-state index in [4.69, 9.17) is 10.00 Å². The summed E-state index contributed by atoms with van der Waals surface area (Å²) in [6.45, 7) is -0.164. The molecule has 13 nitrogen and oxygen atoms in total. The number of nitrogens with one attached hydrogen (secondary N) is 2. The first-order chi connectivity index (χ1) is 15.9. The van der Waals surface area contributed by atoms with Crippen molar-refractivity contribution in [1.82, 2.24) is 4.31 Å². The minimum absolute atomic E-state index is 0.0171. The molecule has 178 valence electrons. The average molecular weight is 489 g/mol. The van der Waals surface area contributed by atoms with Crippen LogP contribution in [0.1, 0.15) is 12.5 Å². The van der Waals surface area contributed by atoms with Gasteiger partial charge in [0, 0.05) is 31.8 Å². The molecule has 34 heavy (non-hydrogen) atoms. The molecule has 2 aromatic carbocycles. The summed E-state index contributed by atoms with van der Waals surface area (Å²) in [5, 5.41) is 24.6. The van der Waals surface area contributed by atoms with Crippen molar-refractivity contribution in [3.63, 3.8) is 0 Å². The summed E-state index contributed by atoms with van der Waals surface area (Å²) in [7, 11) is -2.91. The van der Waals surface area contributed by atoms with Crippen LogP contribution >= 0.6 is 0 Å². The molecule has 0 atom stereocenters. The van der Waals surface area contributed by atoms with Crippen LogP contribution in [0.25, 0.3) is 0 Å². The zero-order valence-corrected chi connectivity index (χ0v) is 18.8. The molecule has 2 rings (SSSR count). The van der Waals surface area contributed by atoms with Gasteiger partial charge in [-0.25, -0.2) is 8.42 Å². The first-order valence-corrected chi connectivity index (χ1v) is 10.9. The number of ether oxygens (including phenoxy) is 1. The van der Waals surface area contributed by atoms with E-state index in [9.17, 15) is 32.9 Å². The van der Waals surface area contributed by atoms with E-state index in [0.29, 0.717) is 5.69 Å². The summed E-state index contributed by atoms with van der Waals surface area (Å²) >= 11 is 0. The number of likely N-dealkylation sites (N-methyl/N-ethyl adjacent to an activating group) is 1. The molecule has 0 spiro atoms. The largest absolute Gasteiger partial charge is 0.455 e.